The van der Waals surface area contributed by atoms with E-state index in [2.05, 4.69) is 5.32 Å². The van der Waals surface area contributed by atoms with Gasteiger partial charge in [0.05, 0.1) is 12.4 Å². The molecule has 0 aromatic rings. The summed E-state index contributed by atoms with van der Waals surface area (Å²) in [6, 6.07) is -1.20. The SMILES string of the molecule is CC(C)SCC(=O)N[C@H](CO)C(=O)O. The Kier molecular flexibility index (Phi) is 6.31. The van der Waals surface area contributed by atoms with Gasteiger partial charge in [-0.1, -0.05) is 13.8 Å². The Labute approximate surface area is 86.9 Å². The molecular weight excluding hydrogens is 206 g/mol. The van der Waals surface area contributed by atoms with E-state index >= 15 is 0 Å². The van der Waals surface area contributed by atoms with Crippen LogP contribution in [0.1, 0.15) is 13.8 Å². The maximum absolute atomic E-state index is 11.1. The van der Waals surface area contributed by atoms with Gasteiger partial charge >= 0.3 is 5.97 Å². The maximum atomic E-state index is 11.1. The molecule has 5 nitrogen and oxygen atoms in total. The first-order valence-corrected chi connectivity index (χ1v) is 5.27. The van der Waals surface area contributed by atoms with E-state index in [0.717, 1.165) is 0 Å². The predicted molar refractivity (Wildman–Crippen MR) is 54.2 cm³/mol. The van der Waals surface area contributed by atoms with Crippen molar-refractivity contribution in [2.24, 2.45) is 0 Å². The van der Waals surface area contributed by atoms with E-state index in [-0.39, 0.29) is 11.7 Å². The quantitative estimate of drug-likeness (QED) is 0.572. The number of carboxylic acids is 1. The van der Waals surface area contributed by atoms with Gasteiger partial charge in [0.2, 0.25) is 5.91 Å². The van der Waals surface area contributed by atoms with E-state index in [9.17, 15) is 9.59 Å². The molecular formula is C8H15NO4S. The van der Waals surface area contributed by atoms with Crippen LogP contribution in [0.4, 0.5) is 0 Å². The number of thioether (sulfide) groups is 1. The number of carbonyl (C=O) groups is 2. The lowest BCUT2D eigenvalue weighted by Crippen LogP contribution is -2.44. The van der Waals surface area contributed by atoms with E-state index in [4.69, 9.17) is 10.2 Å². The number of rotatable bonds is 6. The van der Waals surface area contributed by atoms with E-state index in [0.29, 0.717) is 5.25 Å². The van der Waals surface area contributed by atoms with Gasteiger partial charge in [0.15, 0.2) is 0 Å². The average Bonchev–Trinajstić information content (AvgIpc) is 2.10. The van der Waals surface area contributed by atoms with Crippen LogP contribution in [0.3, 0.4) is 0 Å². The molecule has 0 aliphatic rings. The van der Waals surface area contributed by atoms with Crippen molar-refractivity contribution < 1.29 is 19.8 Å². The lowest BCUT2D eigenvalue weighted by atomic mass is 10.3. The molecule has 0 spiro atoms. The summed E-state index contributed by atoms with van der Waals surface area (Å²) >= 11 is 1.42. The summed E-state index contributed by atoms with van der Waals surface area (Å²) in [5.41, 5.74) is 0. The van der Waals surface area contributed by atoms with Crippen molar-refractivity contribution in [3.8, 4) is 0 Å². The fraction of sp³-hybridized carbons (Fsp3) is 0.750. The second-order valence-electron chi connectivity index (χ2n) is 3.00. The molecule has 1 atom stereocenters. The molecule has 0 bridgehead atoms. The normalized spacial score (nSPS) is 12.6. The molecule has 82 valence electrons. The highest BCUT2D eigenvalue weighted by Crippen LogP contribution is 2.07. The Morgan fingerprint density at radius 1 is 1.43 bits per heavy atom. The van der Waals surface area contributed by atoms with Crippen molar-refractivity contribution in [3.63, 3.8) is 0 Å². The summed E-state index contributed by atoms with van der Waals surface area (Å²) in [5, 5.41) is 19.7. The summed E-state index contributed by atoms with van der Waals surface area (Å²) in [6.07, 6.45) is 0. The van der Waals surface area contributed by atoms with Crippen LogP contribution in [0.5, 0.6) is 0 Å². The van der Waals surface area contributed by atoms with Gasteiger partial charge in [0.25, 0.3) is 0 Å². The largest absolute Gasteiger partial charge is 0.480 e. The minimum absolute atomic E-state index is 0.210. The van der Waals surface area contributed by atoms with E-state index in [1.54, 1.807) is 0 Å². The number of carbonyl (C=O) groups excluding carboxylic acids is 1. The van der Waals surface area contributed by atoms with Gasteiger partial charge in [0, 0.05) is 0 Å². The fourth-order valence-corrected chi connectivity index (χ4v) is 1.23. The predicted octanol–water partition coefficient (Wildman–Crippen LogP) is -0.310. The number of aliphatic hydroxyl groups excluding tert-OH is 1. The fourth-order valence-electron chi connectivity index (χ4n) is 0.664. The second kappa shape index (κ2) is 6.67. The van der Waals surface area contributed by atoms with Crippen LogP contribution in [-0.2, 0) is 9.59 Å². The maximum Gasteiger partial charge on any atom is 0.328 e. The van der Waals surface area contributed by atoms with Crippen molar-refractivity contribution in [1.82, 2.24) is 5.32 Å². The number of hydrogen-bond acceptors (Lipinski definition) is 4. The first-order valence-electron chi connectivity index (χ1n) is 4.22. The van der Waals surface area contributed by atoms with Crippen LogP contribution >= 0.6 is 11.8 Å². The number of carboxylic acid groups (broad SMARTS) is 1. The molecule has 0 aliphatic carbocycles. The topological polar surface area (TPSA) is 86.6 Å². The third kappa shape index (κ3) is 5.82. The smallest absolute Gasteiger partial charge is 0.328 e. The van der Waals surface area contributed by atoms with Crippen LogP contribution in [0.2, 0.25) is 0 Å². The zero-order valence-electron chi connectivity index (χ0n) is 8.19. The van der Waals surface area contributed by atoms with E-state index in [1.807, 2.05) is 13.8 Å². The van der Waals surface area contributed by atoms with E-state index in [1.165, 1.54) is 11.8 Å². The molecule has 0 radical (unpaired) electrons. The van der Waals surface area contributed by atoms with Crippen LogP contribution in [-0.4, -0.2) is 45.7 Å². The highest BCUT2D eigenvalue weighted by Gasteiger charge is 2.18. The van der Waals surface area contributed by atoms with Crippen molar-refractivity contribution in [1.29, 1.82) is 0 Å². The minimum atomic E-state index is -1.23. The zero-order chi connectivity index (χ0) is 11.1. The zero-order valence-corrected chi connectivity index (χ0v) is 9.00. The number of aliphatic hydroxyl groups is 1. The molecule has 1 amide bonds. The van der Waals surface area contributed by atoms with Crippen LogP contribution in [0.25, 0.3) is 0 Å². The first-order chi connectivity index (χ1) is 6.47. The third-order valence-electron chi connectivity index (χ3n) is 1.36. The van der Waals surface area contributed by atoms with Gasteiger partial charge < -0.3 is 15.5 Å². The summed E-state index contributed by atoms with van der Waals surface area (Å²) in [4.78, 5) is 21.5. The molecule has 0 aromatic carbocycles. The molecule has 0 unspecified atom stereocenters. The molecule has 0 rings (SSSR count). The van der Waals surface area contributed by atoms with Gasteiger partial charge in [-0.15, -0.1) is 11.8 Å². The first kappa shape index (κ1) is 13.2. The minimum Gasteiger partial charge on any atom is -0.480 e. The van der Waals surface area contributed by atoms with Gasteiger partial charge in [-0.05, 0) is 5.25 Å². The van der Waals surface area contributed by atoms with Gasteiger partial charge in [0.1, 0.15) is 6.04 Å². The van der Waals surface area contributed by atoms with Gasteiger partial charge in [-0.3, -0.25) is 4.79 Å². The van der Waals surface area contributed by atoms with Crippen molar-refractivity contribution >= 4 is 23.6 Å². The molecule has 0 fully saturated rings. The van der Waals surface area contributed by atoms with Crippen LogP contribution < -0.4 is 5.32 Å². The number of amides is 1. The van der Waals surface area contributed by atoms with Crippen molar-refractivity contribution in [3.05, 3.63) is 0 Å². The Balaban J connectivity index is 3.85. The Morgan fingerprint density at radius 2 is 2.00 bits per heavy atom. The molecule has 0 saturated carbocycles. The number of hydrogen-bond donors (Lipinski definition) is 3. The molecule has 0 heterocycles. The molecule has 0 aromatic heterocycles. The average molecular weight is 221 g/mol. The standard InChI is InChI=1S/C8H15NO4S/c1-5(2)14-4-7(11)9-6(3-10)8(12)13/h5-6,10H,3-4H2,1-2H3,(H,9,11)(H,12,13)/t6-/m1/s1. The monoisotopic (exact) mass is 221 g/mol. The second-order valence-corrected chi connectivity index (χ2v) is 4.57. The molecule has 0 saturated heterocycles. The number of aliphatic carboxylic acids is 1. The van der Waals surface area contributed by atoms with Crippen molar-refractivity contribution in [2.45, 2.75) is 25.1 Å². The van der Waals surface area contributed by atoms with E-state index < -0.39 is 18.6 Å². The molecule has 6 heteroatoms. The molecule has 3 N–H and O–H groups in total. The Bertz CT molecular complexity index is 208. The Morgan fingerprint density at radius 3 is 2.36 bits per heavy atom. The third-order valence-corrected chi connectivity index (χ3v) is 2.46. The van der Waals surface area contributed by atoms with Gasteiger partial charge in [-0.2, -0.15) is 0 Å². The lowest BCUT2D eigenvalue weighted by Gasteiger charge is -2.11. The highest BCUT2D eigenvalue weighted by molar-refractivity contribution is 8.00. The number of nitrogens with one attached hydrogen (secondary N) is 1. The van der Waals surface area contributed by atoms with Gasteiger partial charge in [-0.25, -0.2) is 4.79 Å². The summed E-state index contributed by atoms with van der Waals surface area (Å²) in [6.45, 7) is 3.30. The summed E-state index contributed by atoms with van der Waals surface area (Å²) in [5.74, 6) is -1.39. The summed E-state index contributed by atoms with van der Waals surface area (Å²) in [7, 11) is 0. The Hall–Kier alpha value is -0.750. The highest BCUT2D eigenvalue weighted by atomic mass is 32.2. The van der Waals surface area contributed by atoms with Crippen LogP contribution in [0, 0.1) is 0 Å². The van der Waals surface area contributed by atoms with Crippen LogP contribution in [0.15, 0.2) is 0 Å². The lowest BCUT2D eigenvalue weighted by molar-refractivity contribution is -0.142. The summed E-state index contributed by atoms with van der Waals surface area (Å²) < 4.78 is 0. The van der Waals surface area contributed by atoms with Crippen molar-refractivity contribution in [2.75, 3.05) is 12.4 Å². The molecule has 14 heavy (non-hydrogen) atoms. The molecule has 0 aliphatic heterocycles.